The Hall–Kier alpha value is -2.50. The fourth-order valence-corrected chi connectivity index (χ4v) is 1.62. The summed E-state index contributed by atoms with van der Waals surface area (Å²) in [6, 6.07) is 4.23. The van der Waals surface area contributed by atoms with Crippen LogP contribution in [0.5, 0.6) is 5.75 Å². The van der Waals surface area contributed by atoms with Gasteiger partial charge in [-0.1, -0.05) is 6.07 Å². The van der Waals surface area contributed by atoms with Crippen LogP contribution in [0, 0.1) is 17.5 Å². The first-order valence-corrected chi connectivity index (χ1v) is 5.11. The van der Waals surface area contributed by atoms with Crippen LogP contribution in [0.1, 0.15) is 10.4 Å². The maximum absolute atomic E-state index is 13.5. The molecule has 0 atom stereocenters. The van der Waals surface area contributed by atoms with E-state index in [0.29, 0.717) is 12.1 Å². The Labute approximate surface area is 105 Å². The van der Waals surface area contributed by atoms with Gasteiger partial charge in [0.05, 0.1) is 0 Å². The Morgan fingerprint density at radius 2 is 1.58 bits per heavy atom. The van der Waals surface area contributed by atoms with E-state index in [2.05, 4.69) is 0 Å². The van der Waals surface area contributed by atoms with Crippen molar-refractivity contribution in [2.45, 2.75) is 0 Å². The summed E-state index contributed by atoms with van der Waals surface area (Å²) in [4.78, 5) is 10.8. The number of phenols is 1. The Kier molecular flexibility index (Phi) is 3.16. The molecule has 0 spiro atoms. The second kappa shape index (κ2) is 4.64. The van der Waals surface area contributed by atoms with Crippen molar-refractivity contribution in [1.29, 1.82) is 0 Å². The quantitative estimate of drug-likeness (QED) is 0.822. The molecule has 0 aliphatic rings. The van der Waals surface area contributed by atoms with E-state index in [-0.39, 0.29) is 11.1 Å². The van der Waals surface area contributed by atoms with Gasteiger partial charge in [-0.3, -0.25) is 0 Å². The van der Waals surface area contributed by atoms with E-state index < -0.39 is 34.7 Å². The molecule has 3 nitrogen and oxygen atoms in total. The molecular formula is C13H7F3O3. The van der Waals surface area contributed by atoms with Crippen LogP contribution in [0.25, 0.3) is 11.1 Å². The molecule has 6 heteroatoms. The lowest BCUT2D eigenvalue weighted by molar-refractivity contribution is 0.0694. The molecule has 0 aromatic heterocycles. The summed E-state index contributed by atoms with van der Waals surface area (Å²) in [5.74, 6) is -5.53. The molecule has 0 heterocycles. The molecule has 2 aromatic rings. The third-order valence-corrected chi connectivity index (χ3v) is 2.55. The summed E-state index contributed by atoms with van der Waals surface area (Å²) in [5, 5.41) is 18.1. The van der Waals surface area contributed by atoms with Gasteiger partial charge in [-0.2, -0.15) is 0 Å². The van der Waals surface area contributed by atoms with Gasteiger partial charge < -0.3 is 10.2 Å². The molecule has 0 saturated heterocycles. The fraction of sp³-hybridized carbons (Fsp3) is 0. The molecule has 0 radical (unpaired) electrons. The first kappa shape index (κ1) is 12.9. The maximum Gasteiger partial charge on any atom is 0.339 e. The number of carboxylic acids is 1. The van der Waals surface area contributed by atoms with Crippen LogP contribution in [-0.2, 0) is 0 Å². The summed E-state index contributed by atoms with van der Waals surface area (Å²) in [7, 11) is 0. The smallest absolute Gasteiger partial charge is 0.339 e. The van der Waals surface area contributed by atoms with E-state index in [1.54, 1.807) is 0 Å². The van der Waals surface area contributed by atoms with Crippen LogP contribution in [0.15, 0.2) is 30.3 Å². The molecule has 0 saturated carbocycles. The molecule has 0 amide bonds. The number of carboxylic acid groups (broad SMARTS) is 1. The Bertz CT molecular complexity index is 668. The third kappa shape index (κ3) is 2.37. The molecule has 0 aliphatic carbocycles. The minimum atomic E-state index is -1.41. The van der Waals surface area contributed by atoms with Crippen LogP contribution in [0.2, 0.25) is 0 Å². The van der Waals surface area contributed by atoms with Crippen molar-refractivity contribution >= 4 is 5.97 Å². The van der Waals surface area contributed by atoms with Gasteiger partial charge in [0.15, 0.2) is 11.6 Å². The summed E-state index contributed by atoms with van der Waals surface area (Å²) < 4.78 is 39.4. The van der Waals surface area contributed by atoms with E-state index in [4.69, 9.17) is 5.11 Å². The Morgan fingerprint density at radius 3 is 2.21 bits per heavy atom. The first-order chi connectivity index (χ1) is 8.90. The van der Waals surface area contributed by atoms with E-state index >= 15 is 0 Å². The summed E-state index contributed by atoms with van der Waals surface area (Å²) in [5.41, 5.74) is -0.727. The summed E-state index contributed by atoms with van der Waals surface area (Å²) in [6.07, 6.45) is 0. The number of hydrogen-bond donors (Lipinski definition) is 2. The van der Waals surface area contributed by atoms with Gasteiger partial charge in [-0.15, -0.1) is 0 Å². The lowest BCUT2D eigenvalue weighted by Crippen LogP contribution is -1.98. The van der Waals surface area contributed by atoms with Crippen molar-refractivity contribution in [3.05, 3.63) is 53.3 Å². The monoisotopic (exact) mass is 268 g/mol. The molecule has 0 bridgehead atoms. The van der Waals surface area contributed by atoms with Crippen molar-refractivity contribution in [1.82, 2.24) is 0 Å². The number of rotatable bonds is 2. The van der Waals surface area contributed by atoms with Gasteiger partial charge in [0.25, 0.3) is 0 Å². The molecular weight excluding hydrogens is 261 g/mol. The van der Waals surface area contributed by atoms with E-state index in [1.165, 1.54) is 6.07 Å². The molecule has 19 heavy (non-hydrogen) atoms. The second-order valence-corrected chi connectivity index (χ2v) is 3.78. The minimum Gasteiger partial charge on any atom is -0.507 e. The van der Waals surface area contributed by atoms with Crippen LogP contribution in [-0.4, -0.2) is 16.2 Å². The number of aromatic hydroxyl groups is 1. The van der Waals surface area contributed by atoms with Crippen molar-refractivity contribution < 1.29 is 28.2 Å². The number of benzene rings is 2. The van der Waals surface area contributed by atoms with Gasteiger partial charge in [0, 0.05) is 11.6 Å². The molecule has 98 valence electrons. The lowest BCUT2D eigenvalue weighted by Gasteiger charge is -2.07. The normalized spacial score (nSPS) is 10.5. The largest absolute Gasteiger partial charge is 0.507 e. The van der Waals surface area contributed by atoms with Crippen molar-refractivity contribution in [3.63, 3.8) is 0 Å². The van der Waals surface area contributed by atoms with Crippen LogP contribution in [0.4, 0.5) is 13.2 Å². The Morgan fingerprint density at radius 1 is 0.947 bits per heavy atom. The standard InChI is InChI=1S/C13H7F3O3/c14-9-5-11(16)10(15)4-7(9)6-1-2-12(17)8(3-6)13(18)19/h1-5,17H,(H,18,19). The molecule has 2 aromatic carbocycles. The van der Waals surface area contributed by atoms with E-state index in [9.17, 15) is 23.1 Å². The highest BCUT2D eigenvalue weighted by atomic mass is 19.2. The molecule has 0 aliphatic heterocycles. The van der Waals surface area contributed by atoms with E-state index in [1.807, 2.05) is 0 Å². The maximum atomic E-state index is 13.5. The number of carbonyl (C=O) groups is 1. The van der Waals surface area contributed by atoms with Crippen molar-refractivity contribution in [3.8, 4) is 16.9 Å². The highest BCUT2D eigenvalue weighted by Gasteiger charge is 2.15. The average molecular weight is 268 g/mol. The van der Waals surface area contributed by atoms with Crippen LogP contribution in [0.3, 0.4) is 0 Å². The van der Waals surface area contributed by atoms with Crippen molar-refractivity contribution in [2.24, 2.45) is 0 Å². The zero-order chi connectivity index (χ0) is 14.2. The van der Waals surface area contributed by atoms with Crippen LogP contribution < -0.4 is 0 Å². The molecule has 0 unspecified atom stereocenters. The van der Waals surface area contributed by atoms with E-state index in [0.717, 1.165) is 12.1 Å². The molecule has 2 rings (SSSR count). The SMILES string of the molecule is O=C(O)c1cc(-c2cc(F)c(F)cc2F)ccc1O. The minimum absolute atomic E-state index is 0.0200. The molecule has 0 fully saturated rings. The Balaban J connectivity index is 2.63. The zero-order valence-electron chi connectivity index (χ0n) is 9.32. The first-order valence-electron chi connectivity index (χ1n) is 5.11. The second-order valence-electron chi connectivity index (χ2n) is 3.78. The number of aromatic carboxylic acids is 1. The van der Waals surface area contributed by atoms with Crippen LogP contribution >= 0.6 is 0 Å². The van der Waals surface area contributed by atoms with Crippen molar-refractivity contribution in [2.75, 3.05) is 0 Å². The topological polar surface area (TPSA) is 57.5 Å². The third-order valence-electron chi connectivity index (χ3n) is 2.55. The predicted molar refractivity (Wildman–Crippen MR) is 60.4 cm³/mol. The highest BCUT2D eigenvalue weighted by Crippen LogP contribution is 2.29. The number of hydrogen-bond acceptors (Lipinski definition) is 2. The summed E-state index contributed by atoms with van der Waals surface area (Å²) >= 11 is 0. The number of halogens is 3. The molecule has 2 N–H and O–H groups in total. The van der Waals surface area contributed by atoms with Gasteiger partial charge in [0.1, 0.15) is 17.1 Å². The fourth-order valence-electron chi connectivity index (χ4n) is 1.62. The van der Waals surface area contributed by atoms with Gasteiger partial charge in [0.2, 0.25) is 0 Å². The van der Waals surface area contributed by atoms with Gasteiger partial charge in [-0.05, 0) is 23.8 Å². The predicted octanol–water partition coefficient (Wildman–Crippen LogP) is 3.17. The van der Waals surface area contributed by atoms with Gasteiger partial charge in [-0.25, -0.2) is 18.0 Å². The zero-order valence-corrected chi connectivity index (χ0v) is 9.32. The lowest BCUT2D eigenvalue weighted by atomic mass is 10.0. The van der Waals surface area contributed by atoms with Gasteiger partial charge >= 0.3 is 5.97 Å². The highest BCUT2D eigenvalue weighted by molar-refractivity contribution is 5.92. The summed E-state index contributed by atoms with van der Waals surface area (Å²) in [6.45, 7) is 0. The average Bonchev–Trinajstić information content (AvgIpc) is 2.34.